The van der Waals surface area contributed by atoms with E-state index in [9.17, 15) is 19.1 Å². The van der Waals surface area contributed by atoms with Crippen LogP contribution in [-0.2, 0) is 16.1 Å². The van der Waals surface area contributed by atoms with Crippen LogP contribution >= 0.6 is 0 Å². The number of amides is 2. The second-order valence-electron chi connectivity index (χ2n) is 8.00. The summed E-state index contributed by atoms with van der Waals surface area (Å²) < 4.78 is 19.8. The zero-order valence-corrected chi connectivity index (χ0v) is 18.5. The Bertz CT molecular complexity index is 935. The van der Waals surface area contributed by atoms with Crippen LogP contribution in [0.1, 0.15) is 25.3 Å². The summed E-state index contributed by atoms with van der Waals surface area (Å²) in [6, 6.07) is 12.4. The second-order valence-corrected chi connectivity index (χ2v) is 8.00. The molecular weight excluding hydrogens is 413 g/mol. The number of methoxy groups -OCH3 is 1. The van der Waals surface area contributed by atoms with Crippen LogP contribution < -0.4 is 10.2 Å². The van der Waals surface area contributed by atoms with E-state index >= 15 is 0 Å². The molecule has 0 spiro atoms. The molecule has 1 fully saturated rings. The molecule has 2 N–H and O–H groups in total. The van der Waals surface area contributed by atoms with E-state index in [4.69, 9.17) is 4.74 Å². The number of nitrogens with zero attached hydrogens (tertiary/aromatic N) is 2. The van der Waals surface area contributed by atoms with Crippen LogP contribution in [0.2, 0.25) is 0 Å². The lowest BCUT2D eigenvalue weighted by Crippen LogP contribution is -2.34. The van der Waals surface area contributed by atoms with E-state index in [0.29, 0.717) is 30.8 Å². The molecule has 8 heteroatoms. The van der Waals surface area contributed by atoms with Crippen LogP contribution in [-0.4, -0.2) is 61.4 Å². The highest BCUT2D eigenvalue weighted by molar-refractivity contribution is 5.88. The van der Waals surface area contributed by atoms with Crippen molar-refractivity contribution in [2.45, 2.75) is 32.4 Å². The molecule has 0 aromatic heterocycles. The number of hydrogen-bond donors (Lipinski definition) is 2. The predicted octanol–water partition coefficient (Wildman–Crippen LogP) is 3.16. The fraction of sp³-hybridized carbons (Fsp3) is 0.417. The molecule has 1 aliphatic rings. The Morgan fingerprint density at radius 3 is 2.59 bits per heavy atom. The number of nitrogens with one attached hydrogen (secondary N) is 1. The minimum atomic E-state index is -0.587. The first kappa shape index (κ1) is 23.7. The van der Waals surface area contributed by atoms with E-state index in [2.05, 4.69) is 10.2 Å². The quantitative estimate of drug-likeness (QED) is 0.613. The van der Waals surface area contributed by atoms with Crippen molar-refractivity contribution in [1.29, 1.82) is 0 Å². The number of carbonyl (C=O) groups excluding carboxylic acids is 2. The number of aliphatic hydroxyl groups excluding tert-OH is 1. The minimum absolute atomic E-state index is 0.144. The minimum Gasteiger partial charge on any atom is -0.452 e. The standard InChI is InChI=1S/C24H30FN3O4/c1-17(29)26-11-3-12-28(24(31)32-2)20-8-9-22(23(25)14-20)19-6-4-18(5-7-19)15-27-13-10-21(30)16-27/h4-9,14,21,30H,3,10-13,15-16H2,1-2H3,(H,26,29)/t21-/m1/s1. The van der Waals surface area contributed by atoms with E-state index < -0.39 is 11.9 Å². The maximum Gasteiger partial charge on any atom is 0.413 e. The number of carbonyl (C=O) groups is 2. The average Bonchev–Trinajstić information content (AvgIpc) is 3.18. The lowest BCUT2D eigenvalue weighted by atomic mass is 10.0. The van der Waals surface area contributed by atoms with Crippen LogP contribution in [0, 0.1) is 5.82 Å². The number of hydrogen-bond acceptors (Lipinski definition) is 5. The number of benzene rings is 2. The summed E-state index contributed by atoms with van der Waals surface area (Å²) in [5, 5.41) is 12.3. The van der Waals surface area contributed by atoms with Gasteiger partial charge in [-0.15, -0.1) is 0 Å². The highest BCUT2D eigenvalue weighted by Gasteiger charge is 2.20. The molecule has 2 aromatic rings. The van der Waals surface area contributed by atoms with Gasteiger partial charge < -0.3 is 15.2 Å². The molecule has 7 nitrogen and oxygen atoms in total. The smallest absolute Gasteiger partial charge is 0.413 e. The van der Waals surface area contributed by atoms with Crippen molar-refractivity contribution in [3.05, 3.63) is 53.8 Å². The molecule has 2 amide bonds. The van der Waals surface area contributed by atoms with E-state index in [1.165, 1.54) is 25.0 Å². The lowest BCUT2D eigenvalue weighted by Gasteiger charge is -2.22. The van der Waals surface area contributed by atoms with E-state index in [1.807, 2.05) is 24.3 Å². The Morgan fingerprint density at radius 1 is 1.25 bits per heavy atom. The van der Waals surface area contributed by atoms with Gasteiger partial charge in [0.2, 0.25) is 5.91 Å². The van der Waals surface area contributed by atoms with Crippen molar-refractivity contribution in [3.63, 3.8) is 0 Å². The molecule has 0 bridgehead atoms. The summed E-state index contributed by atoms with van der Waals surface area (Å²) in [7, 11) is 1.28. The van der Waals surface area contributed by atoms with Crippen LogP contribution in [0.3, 0.4) is 0 Å². The van der Waals surface area contributed by atoms with Gasteiger partial charge in [0.05, 0.1) is 13.2 Å². The third kappa shape index (κ3) is 6.27. The Morgan fingerprint density at radius 2 is 2.00 bits per heavy atom. The molecule has 1 atom stereocenters. The zero-order valence-electron chi connectivity index (χ0n) is 18.5. The number of likely N-dealkylation sites (tertiary alicyclic amines) is 1. The number of β-amino-alcohol motifs (C(OH)–C–C–N with tert-alkyl or cyclic N) is 1. The van der Waals surface area contributed by atoms with Gasteiger partial charge in [-0.05, 0) is 42.2 Å². The van der Waals surface area contributed by atoms with Crippen LogP contribution in [0.4, 0.5) is 14.9 Å². The largest absolute Gasteiger partial charge is 0.452 e. The first-order chi connectivity index (χ1) is 15.4. The summed E-state index contributed by atoms with van der Waals surface area (Å²) in [6.45, 7) is 4.43. The van der Waals surface area contributed by atoms with Crippen molar-refractivity contribution >= 4 is 17.7 Å². The average molecular weight is 444 g/mol. The fourth-order valence-electron chi connectivity index (χ4n) is 3.85. The highest BCUT2D eigenvalue weighted by Crippen LogP contribution is 2.28. The van der Waals surface area contributed by atoms with E-state index in [1.54, 1.807) is 12.1 Å². The van der Waals surface area contributed by atoms with Gasteiger partial charge in [0.15, 0.2) is 0 Å². The molecule has 1 saturated heterocycles. The van der Waals surface area contributed by atoms with Crippen molar-refractivity contribution in [3.8, 4) is 11.1 Å². The molecule has 0 radical (unpaired) electrons. The number of rotatable bonds is 8. The Hall–Kier alpha value is -2.97. The van der Waals surface area contributed by atoms with Gasteiger partial charge in [0.25, 0.3) is 0 Å². The summed E-state index contributed by atoms with van der Waals surface area (Å²) in [5.41, 5.74) is 2.69. The summed E-state index contributed by atoms with van der Waals surface area (Å²) >= 11 is 0. The summed E-state index contributed by atoms with van der Waals surface area (Å²) in [6.07, 6.45) is 0.465. The molecule has 0 aliphatic carbocycles. The van der Waals surface area contributed by atoms with Crippen molar-refractivity contribution in [2.24, 2.45) is 0 Å². The SMILES string of the molecule is COC(=O)N(CCCNC(C)=O)c1ccc(-c2ccc(CN3CC[C@@H](O)C3)cc2)c(F)c1. The number of aliphatic hydroxyl groups is 1. The number of anilines is 1. The van der Waals surface area contributed by atoms with Gasteiger partial charge in [-0.1, -0.05) is 24.3 Å². The van der Waals surface area contributed by atoms with Crippen molar-refractivity contribution in [2.75, 3.05) is 38.2 Å². The first-order valence-electron chi connectivity index (χ1n) is 10.8. The maximum absolute atomic E-state index is 15.0. The normalized spacial score (nSPS) is 16.1. The Labute approximate surface area is 187 Å². The molecule has 0 unspecified atom stereocenters. The third-order valence-electron chi connectivity index (χ3n) is 5.51. The van der Waals surface area contributed by atoms with Gasteiger partial charge >= 0.3 is 6.09 Å². The van der Waals surface area contributed by atoms with Gasteiger partial charge in [-0.2, -0.15) is 0 Å². The third-order valence-corrected chi connectivity index (χ3v) is 5.51. The second kappa shape index (κ2) is 11.1. The van der Waals surface area contributed by atoms with Crippen LogP contribution in [0.25, 0.3) is 11.1 Å². The van der Waals surface area contributed by atoms with Crippen molar-refractivity contribution < 1.29 is 23.8 Å². The van der Waals surface area contributed by atoms with Gasteiger partial charge in [0.1, 0.15) is 5.82 Å². The number of halogens is 1. The van der Waals surface area contributed by atoms with Gasteiger partial charge in [-0.25, -0.2) is 9.18 Å². The molecule has 172 valence electrons. The lowest BCUT2D eigenvalue weighted by molar-refractivity contribution is -0.118. The monoisotopic (exact) mass is 443 g/mol. The van der Waals surface area contributed by atoms with Gasteiger partial charge in [0, 0.05) is 50.9 Å². The molecule has 1 heterocycles. The van der Waals surface area contributed by atoms with Crippen LogP contribution in [0.15, 0.2) is 42.5 Å². The van der Waals surface area contributed by atoms with E-state index in [-0.39, 0.29) is 18.6 Å². The Kier molecular flexibility index (Phi) is 8.19. The fourth-order valence-corrected chi connectivity index (χ4v) is 3.85. The molecule has 0 saturated carbocycles. The highest BCUT2D eigenvalue weighted by atomic mass is 19.1. The molecule has 32 heavy (non-hydrogen) atoms. The zero-order chi connectivity index (χ0) is 23.1. The molecular formula is C24H30FN3O4. The Balaban J connectivity index is 1.69. The van der Waals surface area contributed by atoms with Crippen molar-refractivity contribution in [1.82, 2.24) is 10.2 Å². The molecule has 3 rings (SSSR count). The number of ether oxygens (including phenoxy) is 1. The topological polar surface area (TPSA) is 82.1 Å². The van der Waals surface area contributed by atoms with Gasteiger partial charge in [-0.3, -0.25) is 14.6 Å². The predicted molar refractivity (Wildman–Crippen MR) is 121 cm³/mol. The van der Waals surface area contributed by atoms with E-state index in [0.717, 1.165) is 30.6 Å². The van der Waals surface area contributed by atoms with Crippen LogP contribution in [0.5, 0.6) is 0 Å². The summed E-state index contributed by atoms with van der Waals surface area (Å²) in [5.74, 6) is -0.581. The molecule has 2 aromatic carbocycles. The first-order valence-corrected chi connectivity index (χ1v) is 10.8. The summed E-state index contributed by atoms with van der Waals surface area (Å²) in [4.78, 5) is 26.7. The molecule has 1 aliphatic heterocycles. The maximum atomic E-state index is 15.0.